The molecule has 0 radical (unpaired) electrons. The van der Waals surface area contributed by atoms with Crippen molar-refractivity contribution in [1.82, 2.24) is 9.97 Å². The van der Waals surface area contributed by atoms with E-state index in [-0.39, 0.29) is 28.7 Å². The van der Waals surface area contributed by atoms with Gasteiger partial charge in [-0.2, -0.15) is 0 Å². The molecule has 6 heteroatoms. The Balaban J connectivity index is 1.74. The molecule has 1 amide bonds. The predicted octanol–water partition coefficient (Wildman–Crippen LogP) is 2.54. The molecular formula is C16H17N3O3. The van der Waals surface area contributed by atoms with Crippen molar-refractivity contribution in [3.8, 4) is 22.8 Å². The maximum absolute atomic E-state index is 12.0. The van der Waals surface area contributed by atoms with Crippen molar-refractivity contribution in [3.05, 3.63) is 30.6 Å². The van der Waals surface area contributed by atoms with Crippen LogP contribution in [0.4, 0.5) is 5.82 Å². The third-order valence-electron chi connectivity index (χ3n) is 3.93. The Morgan fingerprint density at radius 1 is 1.18 bits per heavy atom. The normalized spacial score (nSPS) is 18.7. The van der Waals surface area contributed by atoms with Crippen molar-refractivity contribution in [1.29, 1.82) is 0 Å². The second-order valence-electron chi connectivity index (χ2n) is 6.26. The molecule has 0 saturated heterocycles. The summed E-state index contributed by atoms with van der Waals surface area (Å²) in [5.41, 5.74) is 1.11. The predicted molar refractivity (Wildman–Crippen MR) is 81.3 cm³/mol. The SMILES string of the molecule is CC1(C)C[C@H]1C(=O)Nc1cnc(-c2cc(O)cc(O)c2)cn1. The van der Waals surface area contributed by atoms with E-state index < -0.39 is 0 Å². The molecule has 1 fully saturated rings. The first-order chi connectivity index (χ1) is 10.3. The molecule has 3 N–H and O–H groups in total. The first kappa shape index (κ1) is 14.3. The summed E-state index contributed by atoms with van der Waals surface area (Å²) in [5.74, 6) is 0.273. The number of aromatic hydroxyl groups is 2. The molecule has 22 heavy (non-hydrogen) atoms. The first-order valence-corrected chi connectivity index (χ1v) is 7.01. The Hall–Kier alpha value is -2.63. The van der Waals surface area contributed by atoms with Crippen LogP contribution >= 0.6 is 0 Å². The van der Waals surface area contributed by atoms with Gasteiger partial charge in [-0.1, -0.05) is 13.8 Å². The molecule has 0 aliphatic heterocycles. The number of carbonyl (C=O) groups excluding carboxylic acids is 1. The van der Waals surface area contributed by atoms with Crippen LogP contribution in [0.25, 0.3) is 11.3 Å². The van der Waals surface area contributed by atoms with E-state index in [4.69, 9.17) is 0 Å². The minimum absolute atomic E-state index is 0.0250. The number of carbonyl (C=O) groups is 1. The molecule has 1 aromatic carbocycles. The van der Waals surface area contributed by atoms with Gasteiger partial charge in [0.15, 0.2) is 5.82 Å². The van der Waals surface area contributed by atoms with E-state index in [0.29, 0.717) is 17.1 Å². The molecule has 1 aliphatic carbocycles. The summed E-state index contributed by atoms with van der Waals surface area (Å²) >= 11 is 0. The van der Waals surface area contributed by atoms with Crippen LogP contribution in [0, 0.1) is 11.3 Å². The lowest BCUT2D eigenvalue weighted by Crippen LogP contribution is -2.17. The van der Waals surface area contributed by atoms with Gasteiger partial charge in [-0.15, -0.1) is 0 Å². The van der Waals surface area contributed by atoms with Gasteiger partial charge in [0.25, 0.3) is 0 Å². The van der Waals surface area contributed by atoms with Gasteiger partial charge in [0.05, 0.1) is 18.1 Å². The smallest absolute Gasteiger partial charge is 0.229 e. The topological polar surface area (TPSA) is 95.3 Å². The van der Waals surface area contributed by atoms with Crippen molar-refractivity contribution in [2.45, 2.75) is 20.3 Å². The standard InChI is InChI=1S/C16H17N3O3/c1-16(2)6-12(16)15(22)19-14-8-17-13(7-18-14)9-3-10(20)5-11(21)4-9/h3-5,7-8,12,20-21H,6H2,1-2H3,(H,18,19,22)/t12-/m0/s1. The van der Waals surface area contributed by atoms with Crippen LogP contribution in [0.15, 0.2) is 30.6 Å². The number of nitrogens with zero attached hydrogens (tertiary/aromatic N) is 2. The Kier molecular flexibility index (Phi) is 3.24. The Bertz CT molecular complexity index is 706. The minimum Gasteiger partial charge on any atom is -0.508 e. The van der Waals surface area contributed by atoms with E-state index in [2.05, 4.69) is 29.1 Å². The summed E-state index contributed by atoms with van der Waals surface area (Å²) in [5, 5.41) is 21.7. The van der Waals surface area contributed by atoms with Crippen LogP contribution in [0.5, 0.6) is 11.5 Å². The maximum Gasteiger partial charge on any atom is 0.229 e. The lowest BCUT2D eigenvalue weighted by atomic mass is 10.1. The molecule has 1 atom stereocenters. The molecule has 114 valence electrons. The van der Waals surface area contributed by atoms with Crippen molar-refractivity contribution < 1.29 is 15.0 Å². The Labute approximate surface area is 127 Å². The molecule has 1 heterocycles. The molecule has 0 bridgehead atoms. The van der Waals surface area contributed by atoms with Crippen molar-refractivity contribution in [2.24, 2.45) is 11.3 Å². The molecule has 2 aromatic rings. The lowest BCUT2D eigenvalue weighted by Gasteiger charge is -2.07. The molecular weight excluding hydrogens is 282 g/mol. The third-order valence-corrected chi connectivity index (χ3v) is 3.93. The van der Waals surface area contributed by atoms with E-state index in [1.54, 1.807) is 0 Å². The zero-order valence-electron chi connectivity index (χ0n) is 12.4. The largest absolute Gasteiger partial charge is 0.508 e. The van der Waals surface area contributed by atoms with Crippen LogP contribution in [0.1, 0.15) is 20.3 Å². The van der Waals surface area contributed by atoms with Gasteiger partial charge in [0.2, 0.25) is 5.91 Å². The third kappa shape index (κ3) is 2.86. The number of hydrogen-bond acceptors (Lipinski definition) is 5. The average Bonchev–Trinajstić information content (AvgIpc) is 3.08. The maximum atomic E-state index is 12.0. The van der Waals surface area contributed by atoms with Crippen molar-refractivity contribution >= 4 is 11.7 Å². The number of rotatable bonds is 3. The molecule has 6 nitrogen and oxygen atoms in total. The summed E-state index contributed by atoms with van der Waals surface area (Å²) in [4.78, 5) is 20.3. The quantitative estimate of drug-likeness (QED) is 0.809. The first-order valence-electron chi connectivity index (χ1n) is 7.01. The molecule has 1 aromatic heterocycles. The van der Waals surface area contributed by atoms with Gasteiger partial charge < -0.3 is 15.5 Å². The van der Waals surface area contributed by atoms with Crippen LogP contribution in [-0.4, -0.2) is 26.1 Å². The van der Waals surface area contributed by atoms with Gasteiger partial charge in [0, 0.05) is 17.5 Å². The molecule has 1 saturated carbocycles. The Morgan fingerprint density at radius 3 is 2.32 bits per heavy atom. The fourth-order valence-electron chi connectivity index (χ4n) is 2.41. The minimum atomic E-state index is -0.0508. The zero-order chi connectivity index (χ0) is 15.9. The van der Waals surface area contributed by atoms with E-state index in [1.807, 2.05) is 0 Å². The summed E-state index contributed by atoms with van der Waals surface area (Å²) in [6.07, 6.45) is 3.83. The number of hydrogen-bond donors (Lipinski definition) is 3. The Morgan fingerprint density at radius 2 is 1.82 bits per heavy atom. The number of amides is 1. The van der Waals surface area contributed by atoms with Gasteiger partial charge in [-0.3, -0.25) is 9.78 Å². The van der Waals surface area contributed by atoms with Crippen LogP contribution < -0.4 is 5.32 Å². The summed E-state index contributed by atoms with van der Waals surface area (Å²) < 4.78 is 0. The number of phenols is 2. The number of aromatic nitrogens is 2. The van der Waals surface area contributed by atoms with Gasteiger partial charge >= 0.3 is 0 Å². The fraction of sp³-hybridized carbons (Fsp3) is 0.312. The van der Waals surface area contributed by atoms with Gasteiger partial charge in [-0.25, -0.2) is 4.98 Å². The van der Waals surface area contributed by atoms with Gasteiger partial charge in [0.1, 0.15) is 11.5 Å². The van der Waals surface area contributed by atoms with Crippen molar-refractivity contribution in [3.63, 3.8) is 0 Å². The highest BCUT2D eigenvalue weighted by Crippen LogP contribution is 2.51. The zero-order valence-corrected chi connectivity index (χ0v) is 12.4. The van der Waals surface area contributed by atoms with E-state index in [0.717, 1.165) is 6.42 Å². The second kappa shape index (κ2) is 4.98. The van der Waals surface area contributed by atoms with Crippen molar-refractivity contribution in [2.75, 3.05) is 5.32 Å². The summed E-state index contributed by atoms with van der Waals surface area (Å²) in [7, 11) is 0. The summed E-state index contributed by atoms with van der Waals surface area (Å²) in [6, 6.07) is 4.20. The number of anilines is 1. The van der Waals surface area contributed by atoms with Crippen LogP contribution in [0.3, 0.4) is 0 Å². The molecule has 0 unspecified atom stereocenters. The highest BCUT2D eigenvalue weighted by Gasteiger charge is 2.50. The number of phenolic OH excluding ortho intramolecular Hbond substituents is 2. The second-order valence-corrected chi connectivity index (χ2v) is 6.26. The molecule has 0 spiro atoms. The molecule has 3 rings (SSSR count). The highest BCUT2D eigenvalue weighted by atomic mass is 16.3. The fourth-order valence-corrected chi connectivity index (χ4v) is 2.41. The lowest BCUT2D eigenvalue weighted by molar-refractivity contribution is -0.118. The van der Waals surface area contributed by atoms with Crippen LogP contribution in [-0.2, 0) is 4.79 Å². The van der Waals surface area contributed by atoms with E-state index in [1.165, 1.54) is 30.6 Å². The van der Waals surface area contributed by atoms with E-state index in [9.17, 15) is 15.0 Å². The summed E-state index contributed by atoms with van der Waals surface area (Å²) in [6.45, 7) is 4.11. The highest BCUT2D eigenvalue weighted by molar-refractivity contribution is 5.94. The van der Waals surface area contributed by atoms with Crippen LogP contribution in [0.2, 0.25) is 0 Å². The monoisotopic (exact) mass is 299 g/mol. The van der Waals surface area contributed by atoms with E-state index >= 15 is 0 Å². The number of benzene rings is 1. The molecule has 1 aliphatic rings. The number of nitrogens with one attached hydrogen (secondary N) is 1. The average molecular weight is 299 g/mol. The van der Waals surface area contributed by atoms with Gasteiger partial charge in [-0.05, 0) is 24.0 Å².